The van der Waals surface area contributed by atoms with Gasteiger partial charge in [0.25, 0.3) is 0 Å². The molecule has 2 rings (SSSR count). The molecule has 0 spiro atoms. The Kier molecular flexibility index (Phi) is 2.11. The summed E-state index contributed by atoms with van der Waals surface area (Å²) in [5, 5.41) is 0. The minimum absolute atomic E-state index is 0.808. The van der Waals surface area contributed by atoms with E-state index in [2.05, 4.69) is 41.8 Å². The average Bonchev–Trinajstić information content (AvgIpc) is 2.07. The predicted octanol–water partition coefficient (Wildman–Crippen LogP) is 3.15. The normalized spacial score (nSPS) is 10.5. The highest BCUT2D eigenvalue weighted by atomic mass is 79.9. The maximum absolute atomic E-state index is 4.28. The second kappa shape index (κ2) is 3.11. The maximum atomic E-state index is 4.28. The van der Waals surface area contributed by atoms with Crippen LogP contribution in [-0.4, -0.2) is 9.97 Å². The molecule has 0 amide bonds. The fourth-order valence-electron chi connectivity index (χ4n) is 0.954. The molecule has 0 atom stereocenters. The lowest BCUT2D eigenvalue weighted by atomic mass is 10.3. The van der Waals surface area contributed by atoms with Gasteiger partial charge in [0.2, 0.25) is 0 Å². The van der Waals surface area contributed by atoms with Gasteiger partial charge in [0, 0.05) is 6.20 Å². The van der Waals surface area contributed by atoms with Crippen LogP contribution in [0.2, 0.25) is 0 Å². The fraction of sp³-hybridized carbons (Fsp3) is 0. The molecule has 0 unspecified atom stereocenters. The van der Waals surface area contributed by atoms with Gasteiger partial charge in [-0.3, -0.25) is 4.98 Å². The Labute approximate surface area is 86.3 Å². The summed E-state index contributed by atoms with van der Waals surface area (Å²) in [6.07, 6.45) is 1.75. The Hall–Kier alpha value is -0.480. The minimum atomic E-state index is 0.808. The quantitative estimate of drug-likeness (QED) is 0.696. The second-order valence-electron chi connectivity index (χ2n) is 2.30. The molecule has 0 aliphatic carbocycles. The highest BCUT2D eigenvalue weighted by Gasteiger charge is 2.00. The Morgan fingerprint density at radius 3 is 2.83 bits per heavy atom. The summed E-state index contributed by atoms with van der Waals surface area (Å²) in [5.74, 6) is 0. The van der Waals surface area contributed by atoms with Crippen LogP contribution in [0.25, 0.3) is 11.0 Å². The van der Waals surface area contributed by atoms with Crippen LogP contribution in [0.15, 0.2) is 33.5 Å². The molecule has 0 saturated heterocycles. The van der Waals surface area contributed by atoms with Crippen LogP contribution in [0.4, 0.5) is 0 Å². The molecule has 0 fully saturated rings. The number of rotatable bonds is 0. The van der Waals surface area contributed by atoms with Crippen molar-refractivity contribution < 1.29 is 0 Å². The zero-order chi connectivity index (χ0) is 8.55. The van der Waals surface area contributed by atoms with Gasteiger partial charge < -0.3 is 0 Å². The van der Waals surface area contributed by atoms with Crippen LogP contribution in [-0.2, 0) is 0 Å². The number of halogens is 2. The number of nitrogens with zero attached hydrogens (tertiary/aromatic N) is 2. The van der Waals surface area contributed by atoms with Crippen LogP contribution in [0.1, 0.15) is 0 Å². The molecule has 2 aromatic rings. The molecule has 0 aliphatic rings. The highest BCUT2D eigenvalue weighted by Crippen LogP contribution is 2.23. The molecular formula is C8H4Br2N2. The standard InChI is InChI=1S/C8H4Br2N2/c9-5-4-7-6(12-8(5)10)2-1-3-11-7/h1-4H. The smallest absolute Gasteiger partial charge is 0.121 e. The SMILES string of the molecule is Brc1cc2ncccc2nc1Br. The van der Waals surface area contributed by atoms with Gasteiger partial charge >= 0.3 is 0 Å². The lowest BCUT2D eigenvalue weighted by Gasteiger charge is -1.98. The second-order valence-corrected chi connectivity index (χ2v) is 3.91. The molecule has 12 heavy (non-hydrogen) atoms. The summed E-state index contributed by atoms with van der Waals surface area (Å²) < 4.78 is 1.73. The first-order chi connectivity index (χ1) is 5.77. The number of aromatic nitrogens is 2. The summed E-state index contributed by atoms with van der Waals surface area (Å²) in [4.78, 5) is 8.45. The van der Waals surface area contributed by atoms with Gasteiger partial charge in [-0.1, -0.05) is 0 Å². The zero-order valence-corrected chi connectivity index (χ0v) is 9.13. The number of fused-ring (bicyclic) bond motifs is 1. The Morgan fingerprint density at radius 2 is 2.00 bits per heavy atom. The number of hydrogen-bond donors (Lipinski definition) is 0. The van der Waals surface area contributed by atoms with E-state index in [1.54, 1.807) is 6.20 Å². The summed E-state index contributed by atoms with van der Waals surface area (Å²) in [7, 11) is 0. The van der Waals surface area contributed by atoms with Crippen molar-refractivity contribution in [3.63, 3.8) is 0 Å². The van der Waals surface area contributed by atoms with E-state index >= 15 is 0 Å². The third-order valence-electron chi connectivity index (χ3n) is 1.50. The highest BCUT2D eigenvalue weighted by molar-refractivity contribution is 9.13. The van der Waals surface area contributed by atoms with Crippen molar-refractivity contribution in [1.29, 1.82) is 0 Å². The lowest BCUT2D eigenvalue weighted by molar-refractivity contribution is 1.29. The van der Waals surface area contributed by atoms with Crippen molar-refractivity contribution in [2.75, 3.05) is 0 Å². The Balaban J connectivity index is 2.84. The molecule has 2 aromatic heterocycles. The van der Waals surface area contributed by atoms with Gasteiger partial charge in [-0.2, -0.15) is 0 Å². The van der Waals surface area contributed by atoms with E-state index in [9.17, 15) is 0 Å². The van der Waals surface area contributed by atoms with E-state index in [1.807, 2.05) is 18.2 Å². The molecule has 2 heterocycles. The first-order valence-electron chi connectivity index (χ1n) is 3.34. The van der Waals surface area contributed by atoms with Crippen molar-refractivity contribution in [2.45, 2.75) is 0 Å². The minimum Gasteiger partial charge on any atom is -0.255 e. The van der Waals surface area contributed by atoms with Gasteiger partial charge in [0.05, 0.1) is 15.5 Å². The maximum Gasteiger partial charge on any atom is 0.121 e. The van der Waals surface area contributed by atoms with Gasteiger partial charge in [-0.05, 0) is 50.1 Å². The summed E-state index contributed by atoms with van der Waals surface area (Å²) in [6.45, 7) is 0. The van der Waals surface area contributed by atoms with Crippen LogP contribution >= 0.6 is 31.9 Å². The Morgan fingerprint density at radius 1 is 1.17 bits per heavy atom. The summed E-state index contributed by atoms with van der Waals surface area (Å²) in [5.41, 5.74) is 1.79. The lowest BCUT2D eigenvalue weighted by Crippen LogP contribution is -1.83. The molecule has 0 saturated carbocycles. The first-order valence-corrected chi connectivity index (χ1v) is 4.93. The van der Waals surface area contributed by atoms with Crippen molar-refractivity contribution in [2.24, 2.45) is 0 Å². The summed E-state index contributed by atoms with van der Waals surface area (Å²) >= 11 is 6.70. The van der Waals surface area contributed by atoms with Crippen molar-refractivity contribution >= 4 is 42.9 Å². The Bertz CT molecular complexity index is 388. The van der Waals surface area contributed by atoms with E-state index in [0.717, 1.165) is 20.1 Å². The van der Waals surface area contributed by atoms with Gasteiger partial charge in [0.15, 0.2) is 0 Å². The largest absolute Gasteiger partial charge is 0.255 e. The number of hydrogen-bond acceptors (Lipinski definition) is 2. The molecule has 2 nitrogen and oxygen atoms in total. The van der Waals surface area contributed by atoms with Crippen LogP contribution < -0.4 is 0 Å². The molecule has 0 aromatic carbocycles. The van der Waals surface area contributed by atoms with E-state index in [0.29, 0.717) is 0 Å². The van der Waals surface area contributed by atoms with Gasteiger partial charge in [-0.15, -0.1) is 0 Å². The van der Waals surface area contributed by atoms with E-state index in [4.69, 9.17) is 0 Å². The van der Waals surface area contributed by atoms with Crippen molar-refractivity contribution in [3.05, 3.63) is 33.5 Å². The molecule has 0 N–H and O–H groups in total. The first kappa shape index (κ1) is 8.13. The average molecular weight is 288 g/mol. The van der Waals surface area contributed by atoms with Gasteiger partial charge in [0.1, 0.15) is 4.60 Å². The predicted molar refractivity (Wildman–Crippen MR) is 54.9 cm³/mol. The third kappa shape index (κ3) is 1.36. The molecule has 0 aliphatic heterocycles. The van der Waals surface area contributed by atoms with Crippen LogP contribution in [0.3, 0.4) is 0 Å². The monoisotopic (exact) mass is 286 g/mol. The topological polar surface area (TPSA) is 25.8 Å². The molecule has 0 bridgehead atoms. The van der Waals surface area contributed by atoms with Crippen molar-refractivity contribution in [3.8, 4) is 0 Å². The van der Waals surface area contributed by atoms with Crippen LogP contribution in [0.5, 0.6) is 0 Å². The van der Waals surface area contributed by atoms with E-state index < -0.39 is 0 Å². The summed E-state index contributed by atoms with van der Waals surface area (Å²) in [6, 6.07) is 5.74. The van der Waals surface area contributed by atoms with Gasteiger partial charge in [-0.25, -0.2) is 4.98 Å². The molecule has 60 valence electrons. The third-order valence-corrected chi connectivity index (χ3v) is 3.24. The van der Waals surface area contributed by atoms with E-state index in [1.165, 1.54) is 0 Å². The molecular weight excluding hydrogens is 284 g/mol. The van der Waals surface area contributed by atoms with Crippen molar-refractivity contribution in [1.82, 2.24) is 9.97 Å². The van der Waals surface area contributed by atoms with E-state index in [-0.39, 0.29) is 0 Å². The fourth-order valence-corrected chi connectivity index (χ4v) is 1.56. The van der Waals surface area contributed by atoms with Crippen LogP contribution in [0, 0.1) is 0 Å². The number of pyridine rings is 2. The molecule has 4 heteroatoms. The molecule has 0 radical (unpaired) electrons. The zero-order valence-electron chi connectivity index (χ0n) is 5.96.